The van der Waals surface area contributed by atoms with E-state index in [0.29, 0.717) is 23.6 Å². The number of likely N-dealkylation sites (tertiary alicyclic amines) is 1. The molecule has 0 amide bonds. The summed E-state index contributed by atoms with van der Waals surface area (Å²) in [4.78, 5) is 30.1. The number of carbonyl (C=O) groups excluding carboxylic acids is 2. The number of aryl methyl sites for hydroxylation is 1. The third kappa shape index (κ3) is 4.04. The van der Waals surface area contributed by atoms with Gasteiger partial charge in [-0.05, 0) is 64.0 Å². The van der Waals surface area contributed by atoms with Gasteiger partial charge in [-0.2, -0.15) is 0 Å². The Kier molecular flexibility index (Phi) is 5.13. The standard InChI is InChI=1S/C20H23FN2O2/c1-13-3-4-17(21)16(9-13)20(25)15-11-18(22-12-15)19(24)10-14-5-7-23(2)8-6-14/h3-4,9,11-12,14,22H,5-8,10H2,1-2H3. The lowest BCUT2D eigenvalue weighted by Crippen LogP contribution is -2.31. The van der Waals surface area contributed by atoms with Crippen molar-refractivity contribution in [2.24, 2.45) is 5.92 Å². The summed E-state index contributed by atoms with van der Waals surface area (Å²) in [6.07, 6.45) is 4.01. The molecule has 0 spiro atoms. The Morgan fingerprint density at radius 3 is 2.68 bits per heavy atom. The summed E-state index contributed by atoms with van der Waals surface area (Å²) in [5.41, 5.74) is 1.60. The predicted molar refractivity (Wildman–Crippen MR) is 94.5 cm³/mol. The van der Waals surface area contributed by atoms with Gasteiger partial charge in [0.15, 0.2) is 11.6 Å². The van der Waals surface area contributed by atoms with Crippen molar-refractivity contribution < 1.29 is 14.0 Å². The highest BCUT2D eigenvalue weighted by atomic mass is 19.1. The van der Waals surface area contributed by atoms with Crippen molar-refractivity contribution in [1.82, 2.24) is 9.88 Å². The van der Waals surface area contributed by atoms with Crippen LogP contribution >= 0.6 is 0 Å². The van der Waals surface area contributed by atoms with Crippen LogP contribution < -0.4 is 0 Å². The average Bonchev–Trinajstić information content (AvgIpc) is 3.08. The minimum Gasteiger partial charge on any atom is -0.358 e. The quantitative estimate of drug-likeness (QED) is 0.845. The van der Waals surface area contributed by atoms with E-state index in [9.17, 15) is 14.0 Å². The van der Waals surface area contributed by atoms with E-state index in [-0.39, 0.29) is 11.3 Å². The number of ketones is 2. The Hall–Kier alpha value is -2.27. The normalized spacial score (nSPS) is 16.1. The van der Waals surface area contributed by atoms with Crippen LogP contribution in [0.1, 0.15) is 51.2 Å². The fourth-order valence-corrected chi connectivity index (χ4v) is 3.29. The Balaban J connectivity index is 1.70. The van der Waals surface area contributed by atoms with E-state index in [1.807, 2.05) is 6.92 Å². The molecule has 0 saturated carbocycles. The van der Waals surface area contributed by atoms with Crippen molar-refractivity contribution in [3.8, 4) is 0 Å². The second-order valence-corrected chi connectivity index (χ2v) is 6.99. The monoisotopic (exact) mass is 342 g/mol. The van der Waals surface area contributed by atoms with Gasteiger partial charge in [0.1, 0.15) is 5.82 Å². The number of hydrogen-bond donors (Lipinski definition) is 1. The molecule has 1 saturated heterocycles. The van der Waals surface area contributed by atoms with Crippen molar-refractivity contribution in [2.45, 2.75) is 26.2 Å². The first-order valence-electron chi connectivity index (χ1n) is 8.65. The third-order valence-corrected chi connectivity index (χ3v) is 4.92. The van der Waals surface area contributed by atoms with Crippen LogP contribution in [0.3, 0.4) is 0 Å². The molecule has 2 heterocycles. The number of hydrogen-bond acceptors (Lipinski definition) is 3. The van der Waals surface area contributed by atoms with Gasteiger partial charge < -0.3 is 9.88 Å². The topological polar surface area (TPSA) is 53.2 Å². The second kappa shape index (κ2) is 7.31. The van der Waals surface area contributed by atoms with Gasteiger partial charge in [-0.15, -0.1) is 0 Å². The van der Waals surface area contributed by atoms with E-state index in [1.54, 1.807) is 12.1 Å². The molecular formula is C20H23FN2O2. The van der Waals surface area contributed by atoms with Gasteiger partial charge in [-0.1, -0.05) is 11.6 Å². The van der Waals surface area contributed by atoms with Gasteiger partial charge in [-0.25, -0.2) is 4.39 Å². The summed E-state index contributed by atoms with van der Waals surface area (Å²) >= 11 is 0. The number of halogens is 1. The number of carbonyl (C=O) groups is 2. The van der Waals surface area contributed by atoms with E-state index in [0.717, 1.165) is 31.5 Å². The van der Waals surface area contributed by atoms with Crippen LogP contribution in [0.25, 0.3) is 0 Å². The van der Waals surface area contributed by atoms with Crippen molar-refractivity contribution >= 4 is 11.6 Å². The zero-order valence-electron chi connectivity index (χ0n) is 14.6. The van der Waals surface area contributed by atoms with E-state index in [4.69, 9.17) is 0 Å². The lowest BCUT2D eigenvalue weighted by molar-refractivity contribution is 0.0931. The van der Waals surface area contributed by atoms with E-state index in [2.05, 4.69) is 16.9 Å². The molecule has 1 aromatic carbocycles. The molecule has 1 N–H and O–H groups in total. The lowest BCUT2D eigenvalue weighted by atomic mass is 9.91. The number of piperidine rings is 1. The third-order valence-electron chi connectivity index (χ3n) is 4.92. The molecule has 0 bridgehead atoms. The summed E-state index contributed by atoms with van der Waals surface area (Å²) in [5.74, 6) is -0.550. The molecule has 2 aromatic rings. The van der Waals surface area contributed by atoms with Gasteiger partial charge in [0.2, 0.25) is 0 Å². The maximum absolute atomic E-state index is 13.9. The number of Topliss-reactive ketones (excluding diaryl/α,β-unsaturated/α-hetero) is 1. The summed E-state index contributed by atoms with van der Waals surface area (Å²) in [6, 6.07) is 5.99. The molecule has 5 heteroatoms. The maximum atomic E-state index is 13.9. The average molecular weight is 342 g/mol. The first kappa shape index (κ1) is 17.5. The van der Waals surface area contributed by atoms with Crippen LogP contribution in [0, 0.1) is 18.7 Å². The Bertz CT molecular complexity index is 789. The highest BCUT2D eigenvalue weighted by Crippen LogP contribution is 2.22. The fraction of sp³-hybridized carbons (Fsp3) is 0.400. The predicted octanol–water partition coefficient (Wildman–Crippen LogP) is 3.61. The number of nitrogens with zero attached hydrogens (tertiary/aromatic N) is 1. The number of aromatic amines is 1. The zero-order chi connectivity index (χ0) is 18.0. The molecule has 1 aliphatic heterocycles. The van der Waals surface area contributed by atoms with Crippen molar-refractivity contribution in [1.29, 1.82) is 0 Å². The van der Waals surface area contributed by atoms with E-state index in [1.165, 1.54) is 18.3 Å². The fourth-order valence-electron chi connectivity index (χ4n) is 3.29. The van der Waals surface area contributed by atoms with Gasteiger partial charge in [0.25, 0.3) is 0 Å². The number of H-pyrrole nitrogens is 1. The van der Waals surface area contributed by atoms with Crippen LogP contribution in [-0.4, -0.2) is 41.6 Å². The number of aromatic nitrogens is 1. The molecule has 132 valence electrons. The molecular weight excluding hydrogens is 319 g/mol. The summed E-state index contributed by atoms with van der Waals surface area (Å²) in [5, 5.41) is 0. The molecule has 1 aromatic heterocycles. The first-order chi connectivity index (χ1) is 11.9. The van der Waals surface area contributed by atoms with Gasteiger partial charge >= 0.3 is 0 Å². The number of rotatable bonds is 5. The smallest absolute Gasteiger partial charge is 0.197 e. The van der Waals surface area contributed by atoms with Crippen LogP contribution in [-0.2, 0) is 0 Å². The largest absolute Gasteiger partial charge is 0.358 e. The number of nitrogens with one attached hydrogen (secondary N) is 1. The van der Waals surface area contributed by atoms with Crippen molar-refractivity contribution in [3.05, 3.63) is 58.7 Å². The van der Waals surface area contributed by atoms with E-state index >= 15 is 0 Å². The maximum Gasteiger partial charge on any atom is 0.197 e. The summed E-state index contributed by atoms with van der Waals surface area (Å²) in [6.45, 7) is 3.84. The minimum absolute atomic E-state index is 0.0123. The minimum atomic E-state index is -0.545. The first-order valence-corrected chi connectivity index (χ1v) is 8.65. The molecule has 0 aliphatic carbocycles. The van der Waals surface area contributed by atoms with Crippen LogP contribution in [0.15, 0.2) is 30.5 Å². The molecule has 0 unspecified atom stereocenters. The number of benzene rings is 1. The van der Waals surface area contributed by atoms with Crippen LogP contribution in [0.4, 0.5) is 4.39 Å². The SMILES string of the molecule is Cc1ccc(F)c(C(=O)c2c[nH]c(C(=O)CC3CCN(C)CC3)c2)c1. The molecule has 1 aliphatic rings. The lowest BCUT2D eigenvalue weighted by Gasteiger charge is -2.28. The van der Waals surface area contributed by atoms with Crippen LogP contribution in [0.2, 0.25) is 0 Å². The van der Waals surface area contributed by atoms with Gasteiger partial charge in [0, 0.05) is 18.2 Å². The van der Waals surface area contributed by atoms with Crippen molar-refractivity contribution in [2.75, 3.05) is 20.1 Å². The highest BCUT2D eigenvalue weighted by molar-refractivity contribution is 6.10. The Morgan fingerprint density at radius 1 is 1.24 bits per heavy atom. The molecule has 3 rings (SSSR count). The molecule has 0 atom stereocenters. The summed E-state index contributed by atoms with van der Waals surface area (Å²) in [7, 11) is 2.09. The second-order valence-electron chi connectivity index (χ2n) is 6.99. The Labute approximate surface area is 147 Å². The molecule has 1 fully saturated rings. The molecule has 25 heavy (non-hydrogen) atoms. The zero-order valence-corrected chi connectivity index (χ0v) is 14.6. The van der Waals surface area contributed by atoms with Crippen LogP contribution in [0.5, 0.6) is 0 Å². The van der Waals surface area contributed by atoms with E-state index < -0.39 is 11.6 Å². The highest BCUT2D eigenvalue weighted by Gasteiger charge is 2.22. The van der Waals surface area contributed by atoms with Gasteiger partial charge in [-0.3, -0.25) is 9.59 Å². The molecule has 0 radical (unpaired) electrons. The molecule has 4 nitrogen and oxygen atoms in total. The Morgan fingerprint density at radius 2 is 1.96 bits per heavy atom. The summed E-state index contributed by atoms with van der Waals surface area (Å²) < 4.78 is 13.9. The van der Waals surface area contributed by atoms with Crippen molar-refractivity contribution in [3.63, 3.8) is 0 Å². The van der Waals surface area contributed by atoms with Gasteiger partial charge in [0.05, 0.1) is 11.3 Å².